The predicted molar refractivity (Wildman–Crippen MR) is 46.3 cm³/mol. The van der Waals surface area contributed by atoms with Crippen LogP contribution in [0.15, 0.2) is 12.1 Å². The first-order valence-corrected chi connectivity index (χ1v) is 4.37. The smallest absolute Gasteiger partial charge is 0.167 e. The molecule has 1 nitrogen and oxygen atoms in total. The summed E-state index contributed by atoms with van der Waals surface area (Å²) in [6, 6.07) is 1.65. The van der Waals surface area contributed by atoms with Gasteiger partial charge < -0.3 is 4.74 Å². The predicted octanol–water partition coefficient (Wildman–Crippen LogP) is 3.03. The lowest BCUT2D eigenvalue weighted by atomic mass is 10.2. The third-order valence-corrected chi connectivity index (χ3v) is 1.73. The minimum absolute atomic E-state index is 0.233. The zero-order chi connectivity index (χ0) is 10.6. The Morgan fingerprint density at radius 2 is 1.79 bits per heavy atom. The van der Waals surface area contributed by atoms with E-state index in [9.17, 15) is 13.2 Å². The van der Waals surface area contributed by atoms with Gasteiger partial charge in [-0.2, -0.15) is 0 Å². The summed E-state index contributed by atoms with van der Waals surface area (Å²) in [5, 5.41) is 0. The third kappa shape index (κ3) is 2.48. The van der Waals surface area contributed by atoms with Crippen LogP contribution in [0.3, 0.4) is 0 Å². The van der Waals surface area contributed by atoms with Crippen LogP contribution in [0.25, 0.3) is 0 Å². The second-order valence-corrected chi connectivity index (χ2v) is 2.87. The van der Waals surface area contributed by atoms with E-state index in [2.05, 4.69) is 0 Å². The Balaban J connectivity index is 2.79. The van der Waals surface area contributed by atoms with Crippen molar-refractivity contribution in [1.29, 1.82) is 0 Å². The quantitative estimate of drug-likeness (QED) is 0.541. The van der Waals surface area contributed by atoms with Gasteiger partial charge in [-0.3, -0.25) is 0 Å². The Bertz CT molecular complexity index is 312. The van der Waals surface area contributed by atoms with E-state index in [4.69, 9.17) is 4.74 Å². The molecule has 1 aromatic rings. The highest BCUT2D eigenvalue weighted by atomic mass is 19.2. The molecule has 0 fully saturated rings. The minimum atomic E-state index is -1.17. The van der Waals surface area contributed by atoms with Crippen LogP contribution in [0, 0.1) is 17.5 Å². The van der Waals surface area contributed by atoms with Crippen LogP contribution in [0.2, 0.25) is 0 Å². The first-order chi connectivity index (χ1) is 6.66. The van der Waals surface area contributed by atoms with E-state index in [0.717, 1.165) is 18.6 Å². The summed E-state index contributed by atoms with van der Waals surface area (Å²) < 4.78 is 43.6. The number of hydrogen-bond acceptors (Lipinski definition) is 1. The average molecular weight is 204 g/mol. The SMILES string of the molecule is CCCOCc1c(F)ccc(F)c1F. The molecule has 78 valence electrons. The molecule has 0 aliphatic carbocycles. The molecule has 0 saturated heterocycles. The highest BCUT2D eigenvalue weighted by Crippen LogP contribution is 2.16. The first kappa shape index (κ1) is 11.0. The summed E-state index contributed by atoms with van der Waals surface area (Å²) in [6.45, 7) is 2.04. The Hall–Kier alpha value is -1.03. The maximum absolute atomic E-state index is 13.0. The van der Waals surface area contributed by atoms with E-state index in [1.165, 1.54) is 0 Å². The fraction of sp³-hybridized carbons (Fsp3) is 0.400. The number of ether oxygens (including phenoxy) is 1. The molecule has 0 aliphatic heterocycles. The molecule has 0 bridgehead atoms. The summed E-state index contributed by atoms with van der Waals surface area (Å²) in [6.07, 6.45) is 0.749. The van der Waals surface area contributed by atoms with Gasteiger partial charge in [-0.1, -0.05) is 6.92 Å². The topological polar surface area (TPSA) is 9.23 Å². The average Bonchev–Trinajstić information content (AvgIpc) is 2.18. The van der Waals surface area contributed by atoms with Crippen molar-refractivity contribution in [2.75, 3.05) is 6.61 Å². The second kappa shape index (κ2) is 5.00. The van der Waals surface area contributed by atoms with E-state index in [-0.39, 0.29) is 12.2 Å². The minimum Gasteiger partial charge on any atom is -0.377 e. The number of rotatable bonds is 4. The maximum Gasteiger partial charge on any atom is 0.167 e. The molecule has 0 amide bonds. The molecule has 1 rings (SSSR count). The molecule has 0 aromatic heterocycles. The Morgan fingerprint density at radius 1 is 1.14 bits per heavy atom. The molecule has 14 heavy (non-hydrogen) atoms. The zero-order valence-corrected chi connectivity index (χ0v) is 7.82. The van der Waals surface area contributed by atoms with E-state index in [1.807, 2.05) is 6.92 Å². The van der Waals surface area contributed by atoms with Gasteiger partial charge in [0.15, 0.2) is 11.6 Å². The third-order valence-electron chi connectivity index (χ3n) is 1.73. The molecule has 0 aliphatic rings. The maximum atomic E-state index is 13.0. The monoisotopic (exact) mass is 204 g/mol. The van der Waals surface area contributed by atoms with Crippen molar-refractivity contribution in [3.8, 4) is 0 Å². The molecule has 0 saturated carbocycles. The summed E-state index contributed by atoms with van der Waals surface area (Å²) in [5.41, 5.74) is -0.349. The van der Waals surface area contributed by atoms with Crippen molar-refractivity contribution >= 4 is 0 Å². The van der Waals surface area contributed by atoms with E-state index in [0.29, 0.717) is 6.61 Å². The number of halogens is 3. The Morgan fingerprint density at radius 3 is 2.43 bits per heavy atom. The standard InChI is InChI=1S/C10H11F3O/c1-2-5-14-6-7-8(11)3-4-9(12)10(7)13/h3-4H,2,5-6H2,1H3. The first-order valence-electron chi connectivity index (χ1n) is 4.37. The van der Waals surface area contributed by atoms with Crippen molar-refractivity contribution in [3.63, 3.8) is 0 Å². The van der Waals surface area contributed by atoms with Gasteiger partial charge in [-0.25, -0.2) is 13.2 Å². The molecular weight excluding hydrogens is 193 g/mol. The molecule has 0 unspecified atom stereocenters. The Labute approximate surface area is 80.5 Å². The molecule has 0 radical (unpaired) electrons. The van der Waals surface area contributed by atoms with Crippen LogP contribution in [0.1, 0.15) is 18.9 Å². The normalized spacial score (nSPS) is 10.6. The van der Waals surface area contributed by atoms with Crippen molar-refractivity contribution in [1.82, 2.24) is 0 Å². The van der Waals surface area contributed by atoms with Gasteiger partial charge in [0.1, 0.15) is 5.82 Å². The molecule has 4 heteroatoms. The van der Waals surface area contributed by atoms with Gasteiger partial charge in [0.25, 0.3) is 0 Å². The van der Waals surface area contributed by atoms with Crippen LogP contribution >= 0.6 is 0 Å². The van der Waals surface area contributed by atoms with E-state index in [1.54, 1.807) is 0 Å². The second-order valence-electron chi connectivity index (χ2n) is 2.87. The van der Waals surface area contributed by atoms with Crippen molar-refractivity contribution in [2.45, 2.75) is 20.0 Å². The number of benzene rings is 1. The highest BCUT2D eigenvalue weighted by Gasteiger charge is 2.13. The van der Waals surface area contributed by atoms with Crippen LogP contribution in [0.4, 0.5) is 13.2 Å². The Kier molecular flexibility index (Phi) is 3.95. The van der Waals surface area contributed by atoms with Gasteiger partial charge in [0.2, 0.25) is 0 Å². The lowest BCUT2D eigenvalue weighted by Gasteiger charge is -2.05. The fourth-order valence-electron chi connectivity index (χ4n) is 1.02. The van der Waals surface area contributed by atoms with Gasteiger partial charge in [0.05, 0.1) is 12.2 Å². The lowest BCUT2D eigenvalue weighted by molar-refractivity contribution is 0.116. The van der Waals surface area contributed by atoms with Crippen LogP contribution < -0.4 is 0 Å². The molecule has 0 spiro atoms. The molecule has 0 atom stereocenters. The number of hydrogen-bond donors (Lipinski definition) is 0. The van der Waals surface area contributed by atoms with Crippen LogP contribution in [-0.4, -0.2) is 6.61 Å². The van der Waals surface area contributed by atoms with Crippen molar-refractivity contribution in [3.05, 3.63) is 35.1 Å². The fourth-order valence-corrected chi connectivity index (χ4v) is 1.02. The van der Waals surface area contributed by atoms with Crippen molar-refractivity contribution in [2.24, 2.45) is 0 Å². The highest BCUT2D eigenvalue weighted by molar-refractivity contribution is 5.20. The van der Waals surface area contributed by atoms with Gasteiger partial charge in [-0.05, 0) is 18.6 Å². The lowest BCUT2D eigenvalue weighted by Crippen LogP contribution is -2.02. The summed E-state index contributed by atoms with van der Waals surface area (Å²) in [4.78, 5) is 0. The van der Waals surface area contributed by atoms with Gasteiger partial charge in [0, 0.05) is 6.61 Å². The van der Waals surface area contributed by atoms with Gasteiger partial charge in [-0.15, -0.1) is 0 Å². The molecule has 0 heterocycles. The molecule has 0 N–H and O–H groups in total. The summed E-state index contributed by atoms with van der Waals surface area (Å²) in [5.74, 6) is -3.00. The summed E-state index contributed by atoms with van der Waals surface area (Å²) in [7, 11) is 0. The molecule has 1 aromatic carbocycles. The van der Waals surface area contributed by atoms with Crippen molar-refractivity contribution < 1.29 is 17.9 Å². The molecular formula is C10H11F3O. The van der Waals surface area contributed by atoms with E-state index < -0.39 is 17.5 Å². The van der Waals surface area contributed by atoms with Gasteiger partial charge >= 0.3 is 0 Å². The summed E-state index contributed by atoms with van der Waals surface area (Å²) >= 11 is 0. The van der Waals surface area contributed by atoms with E-state index >= 15 is 0 Å². The van der Waals surface area contributed by atoms with Crippen LogP contribution in [-0.2, 0) is 11.3 Å². The van der Waals surface area contributed by atoms with Crippen LogP contribution in [0.5, 0.6) is 0 Å². The largest absolute Gasteiger partial charge is 0.377 e. The zero-order valence-electron chi connectivity index (χ0n) is 7.82.